The Morgan fingerprint density at radius 3 is 3.11 bits per heavy atom. The molecule has 2 atom stereocenters. The van der Waals surface area contributed by atoms with E-state index in [0.717, 1.165) is 25.3 Å². The number of benzene rings is 1. The van der Waals surface area contributed by atoms with Gasteiger partial charge in [0, 0.05) is 18.2 Å². The van der Waals surface area contributed by atoms with Crippen LogP contribution in [0.2, 0.25) is 5.02 Å². The summed E-state index contributed by atoms with van der Waals surface area (Å²) in [6.07, 6.45) is 3.22. The Kier molecular flexibility index (Phi) is 5.15. The predicted octanol–water partition coefficient (Wildman–Crippen LogP) is 3.20. The molecule has 1 aromatic rings. The van der Waals surface area contributed by atoms with Crippen LogP contribution in [-0.4, -0.2) is 31.2 Å². The number of rotatable bonds is 5. The number of thioether (sulfide) groups is 1. The van der Waals surface area contributed by atoms with E-state index in [0.29, 0.717) is 11.7 Å². The number of halogens is 2. The van der Waals surface area contributed by atoms with Crippen LogP contribution >= 0.6 is 23.4 Å². The Bertz CT molecular complexity index is 399. The van der Waals surface area contributed by atoms with Gasteiger partial charge in [-0.25, -0.2) is 4.39 Å². The summed E-state index contributed by atoms with van der Waals surface area (Å²) in [5, 5.41) is 3.40. The van der Waals surface area contributed by atoms with Gasteiger partial charge in [0.15, 0.2) is 0 Å². The molecule has 0 radical (unpaired) electrons. The molecule has 0 bridgehead atoms. The molecule has 1 heterocycles. The van der Waals surface area contributed by atoms with Gasteiger partial charge >= 0.3 is 0 Å². The van der Waals surface area contributed by atoms with Crippen LogP contribution in [0.3, 0.4) is 0 Å². The smallest absolute Gasteiger partial charge is 0.145 e. The minimum absolute atomic E-state index is 0.0781. The lowest BCUT2D eigenvalue weighted by molar-refractivity contribution is 0.165. The van der Waals surface area contributed by atoms with E-state index >= 15 is 0 Å². The van der Waals surface area contributed by atoms with Crippen molar-refractivity contribution in [2.45, 2.75) is 12.5 Å². The average Bonchev–Trinajstić information content (AvgIpc) is 2.88. The maximum atomic E-state index is 13.4. The highest BCUT2D eigenvalue weighted by atomic mass is 35.5. The average molecular weight is 290 g/mol. The summed E-state index contributed by atoms with van der Waals surface area (Å²) in [5.41, 5.74) is 0. The van der Waals surface area contributed by atoms with Crippen LogP contribution in [0.25, 0.3) is 0 Å². The van der Waals surface area contributed by atoms with Crippen molar-refractivity contribution < 1.29 is 9.13 Å². The van der Waals surface area contributed by atoms with E-state index in [9.17, 15) is 4.39 Å². The monoisotopic (exact) mass is 289 g/mol. The quantitative estimate of drug-likeness (QED) is 0.899. The molecule has 2 nitrogen and oxygen atoms in total. The summed E-state index contributed by atoms with van der Waals surface area (Å²) in [4.78, 5) is 0. The number of hydrogen-bond acceptors (Lipinski definition) is 3. The lowest BCUT2D eigenvalue weighted by Gasteiger charge is -2.24. The number of ether oxygens (including phenoxy) is 1. The van der Waals surface area contributed by atoms with E-state index in [-0.39, 0.29) is 11.1 Å². The lowest BCUT2D eigenvalue weighted by atomic mass is 10.0. The van der Waals surface area contributed by atoms with Crippen LogP contribution in [0.4, 0.5) is 4.39 Å². The largest absolute Gasteiger partial charge is 0.488 e. The van der Waals surface area contributed by atoms with Gasteiger partial charge in [0.1, 0.15) is 22.7 Å². The van der Waals surface area contributed by atoms with E-state index in [2.05, 4.69) is 5.32 Å². The zero-order valence-electron chi connectivity index (χ0n) is 10.3. The Balaban J connectivity index is 2.10. The van der Waals surface area contributed by atoms with Crippen molar-refractivity contribution in [2.75, 3.05) is 25.1 Å². The molecule has 5 heteroatoms. The van der Waals surface area contributed by atoms with Crippen LogP contribution < -0.4 is 10.1 Å². The maximum absolute atomic E-state index is 13.4. The third-order valence-corrected chi connectivity index (χ3v) is 4.18. The summed E-state index contributed by atoms with van der Waals surface area (Å²) >= 11 is 7.66. The molecular weight excluding hydrogens is 273 g/mol. The molecular formula is C13H17ClFNOS. The van der Waals surface area contributed by atoms with Gasteiger partial charge in [0.25, 0.3) is 0 Å². The highest BCUT2D eigenvalue weighted by molar-refractivity contribution is 7.98. The van der Waals surface area contributed by atoms with Crippen molar-refractivity contribution in [1.29, 1.82) is 0 Å². The van der Waals surface area contributed by atoms with Gasteiger partial charge < -0.3 is 10.1 Å². The normalized spacial score (nSPS) is 20.9. The molecule has 18 heavy (non-hydrogen) atoms. The summed E-state index contributed by atoms with van der Waals surface area (Å²) < 4.78 is 19.3. The standard InChI is InChI=1S/C13H17ClFNOS/c1-18-8-12(9-5-6-16-7-9)17-11-4-2-3-10(15)13(11)14/h2-4,9,12,16H,5-8H2,1H3/t9-,12-/m0/s1. The van der Waals surface area contributed by atoms with E-state index in [1.807, 2.05) is 6.26 Å². The first-order chi connectivity index (χ1) is 8.72. The lowest BCUT2D eigenvalue weighted by Crippen LogP contribution is -2.31. The van der Waals surface area contributed by atoms with Gasteiger partial charge in [-0.15, -0.1) is 0 Å². The highest BCUT2D eigenvalue weighted by Crippen LogP contribution is 2.30. The topological polar surface area (TPSA) is 21.3 Å². The first-order valence-electron chi connectivity index (χ1n) is 6.02. The summed E-state index contributed by atoms with van der Waals surface area (Å²) in [6.45, 7) is 1.98. The SMILES string of the molecule is CSC[C@H](Oc1cccc(F)c1Cl)[C@H]1CCNC1. The van der Waals surface area contributed by atoms with Crippen LogP contribution in [0.15, 0.2) is 18.2 Å². The molecule has 0 unspecified atom stereocenters. The molecule has 1 aromatic carbocycles. The van der Waals surface area contributed by atoms with Crippen LogP contribution in [-0.2, 0) is 0 Å². The van der Waals surface area contributed by atoms with E-state index in [1.54, 1.807) is 23.9 Å². The van der Waals surface area contributed by atoms with Gasteiger partial charge in [0.05, 0.1) is 0 Å². The third kappa shape index (κ3) is 3.31. The van der Waals surface area contributed by atoms with E-state index in [1.165, 1.54) is 6.07 Å². The van der Waals surface area contributed by atoms with Crippen LogP contribution in [0.1, 0.15) is 6.42 Å². The predicted molar refractivity (Wildman–Crippen MR) is 75.2 cm³/mol. The fourth-order valence-corrected chi connectivity index (χ4v) is 3.00. The first-order valence-corrected chi connectivity index (χ1v) is 7.80. The molecule has 0 aliphatic carbocycles. The highest BCUT2D eigenvalue weighted by Gasteiger charge is 2.26. The van der Waals surface area contributed by atoms with Gasteiger partial charge in [-0.2, -0.15) is 11.8 Å². The fraction of sp³-hybridized carbons (Fsp3) is 0.538. The second-order valence-electron chi connectivity index (χ2n) is 4.42. The van der Waals surface area contributed by atoms with Crippen molar-refractivity contribution in [3.8, 4) is 5.75 Å². The Morgan fingerprint density at radius 2 is 2.44 bits per heavy atom. The van der Waals surface area contributed by atoms with Gasteiger partial charge in [-0.05, 0) is 31.4 Å². The Labute approximate surface area is 116 Å². The third-order valence-electron chi connectivity index (χ3n) is 3.15. The summed E-state index contributed by atoms with van der Waals surface area (Å²) in [6, 6.07) is 4.69. The fourth-order valence-electron chi connectivity index (χ4n) is 2.16. The van der Waals surface area contributed by atoms with Crippen molar-refractivity contribution in [1.82, 2.24) is 5.32 Å². The van der Waals surface area contributed by atoms with E-state index < -0.39 is 5.82 Å². The minimum Gasteiger partial charge on any atom is -0.488 e. The van der Waals surface area contributed by atoms with Gasteiger partial charge in [-0.1, -0.05) is 17.7 Å². The van der Waals surface area contributed by atoms with Crippen molar-refractivity contribution in [3.63, 3.8) is 0 Å². The molecule has 0 saturated carbocycles. The molecule has 1 fully saturated rings. The molecule has 0 aromatic heterocycles. The Morgan fingerprint density at radius 1 is 1.61 bits per heavy atom. The number of nitrogens with one attached hydrogen (secondary N) is 1. The molecule has 1 aliphatic heterocycles. The van der Waals surface area contributed by atoms with Crippen LogP contribution in [0, 0.1) is 11.7 Å². The van der Waals surface area contributed by atoms with Crippen molar-refractivity contribution in [2.24, 2.45) is 5.92 Å². The summed E-state index contributed by atoms with van der Waals surface area (Å²) in [5.74, 6) is 1.38. The van der Waals surface area contributed by atoms with Gasteiger partial charge in [-0.3, -0.25) is 0 Å². The van der Waals surface area contributed by atoms with Crippen molar-refractivity contribution in [3.05, 3.63) is 29.0 Å². The molecule has 1 saturated heterocycles. The molecule has 100 valence electrons. The van der Waals surface area contributed by atoms with E-state index in [4.69, 9.17) is 16.3 Å². The second kappa shape index (κ2) is 6.64. The molecule has 1 N–H and O–H groups in total. The first kappa shape index (κ1) is 14.0. The van der Waals surface area contributed by atoms with Crippen molar-refractivity contribution >= 4 is 23.4 Å². The molecule has 0 spiro atoms. The zero-order valence-corrected chi connectivity index (χ0v) is 11.9. The molecule has 0 amide bonds. The maximum Gasteiger partial charge on any atom is 0.145 e. The Hall–Kier alpha value is -0.450. The van der Waals surface area contributed by atoms with Crippen LogP contribution in [0.5, 0.6) is 5.75 Å². The number of hydrogen-bond donors (Lipinski definition) is 1. The molecule has 1 aliphatic rings. The minimum atomic E-state index is -0.429. The zero-order chi connectivity index (χ0) is 13.0. The second-order valence-corrected chi connectivity index (χ2v) is 5.71. The van der Waals surface area contributed by atoms with Gasteiger partial charge in [0.2, 0.25) is 0 Å². The summed E-state index contributed by atoms with van der Waals surface area (Å²) in [7, 11) is 0. The molecule has 2 rings (SSSR count).